The van der Waals surface area contributed by atoms with Gasteiger partial charge in [-0.1, -0.05) is 11.6 Å². The van der Waals surface area contributed by atoms with Crippen molar-refractivity contribution in [2.75, 3.05) is 25.6 Å². The van der Waals surface area contributed by atoms with Crippen molar-refractivity contribution in [2.24, 2.45) is 0 Å². The number of anilines is 1. The molecule has 0 unspecified atom stereocenters. The molecule has 0 bridgehead atoms. The summed E-state index contributed by atoms with van der Waals surface area (Å²) in [6.07, 6.45) is 0. The van der Waals surface area contributed by atoms with Crippen LogP contribution in [-0.2, 0) is 19.1 Å². The molecule has 1 aromatic carbocycles. The lowest BCUT2D eigenvalue weighted by molar-refractivity contribution is -0.150. The van der Waals surface area contributed by atoms with Crippen molar-refractivity contribution in [3.05, 3.63) is 29.0 Å². The molecular weight excluding hydrogens is 265 g/mol. The number of hydrogen-bond donors (Lipinski definition) is 1. The van der Waals surface area contributed by atoms with Gasteiger partial charge in [0.15, 0.2) is 6.61 Å². The van der Waals surface area contributed by atoms with Crippen molar-refractivity contribution in [3.8, 4) is 0 Å². The van der Waals surface area contributed by atoms with Gasteiger partial charge in [0.2, 0.25) is 0 Å². The summed E-state index contributed by atoms with van der Waals surface area (Å²) in [6.45, 7) is -0.771. The Morgan fingerprint density at radius 1 is 1.39 bits per heavy atom. The molecule has 0 aromatic heterocycles. The summed E-state index contributed by atoms with van der Waals surface area (Å²) >= 11 is 5.65. The fourth-order valence-electron chi connectivity index (χ4n) is 1.09. The van der Waals surface area contributed by atoms with Crippen LogP contribution in [0.3, 0.4) is 0 Å². The van der Waals surface area contributed by atoms with E-state index in [1.54, 1.807) is 0 Å². The van der Waals surface area contributed by atoms with Crippen LogP contribution in [-0.4, -0.2) is 32.2 Å². The molecule has 1 rings (SSSR count). The van der Waals surface area contributed by atoms with Crippen molar-refractivity contribution >= 4 is 29.2 Å². The van der Waals surface area contributed by atoms with Crippen LogP contribution in [0.1, 0.15) is 0 Å². The first-order valence-corrected chi connectivity index (χ1v) is 5.30. The van der Waals surface area contributed by atoms with Crippen LogP contribution in [0.4, 0.5) is 10.1 Å². The number of hydrogen-bond acceptors (Lipinski definition) is 4. The molecule has 1 N–H and O–H groups in total. The van der Waals surface area contributed by atoms with E-state index >= 15 is 0 Å². The van der Waals surface area contributed by atoms with Crippen LogP contribution in [0.25, 0.3) is 0 Å². The van der Waals surface area contributed by atoms with Gasteiger partial charge < -0.3 is 14.8 Å². The number of nitrogens with one attached hydrogen (secondary N) is 1. The van der Waals surface area contributed by atoms with E-state index in [4.69, 9.17) is 11.6 Å². The van der Waals surface area contributed by atoms with E-state index in [1.165, 1.54) is 19.2 Å². The Hall–Kier alpha value is -1.66. The Morgan fingerprint density at radius 3 is 2.78 bits per heavy atom. The summed E-state index contributed by atoms with van der Waals surface area (Å²) < 4.78 is 22.3. The Bertz CT molecular complexity index is 453. The highest BCUT2D eigenvalue weighted by Gasteiger charge is 2.10. The van der Waals surface area contributed by atoms with Crippen LogP contribution in [0.5, 0.6) is 0 Å². The standard InChI is InChI=1S/C11H11ClFNO4/c1-17-6-11(16)18-5-10(15)14-9-4-7(12)2-3-8(9)13/h2-4H,5-6H2,1H3,(H,14,15). The number of benzene rings is 1. The first-order valence-electron chi connectivity index (χ1n) is 4.92. The molecule has 0 radical (unpaired) electrons. The van der Waals surface area contributed by atoms with Crippen LogP contribution in [0.2, 0.25) is 5.02 Å². The van der Waals surface area contributed by atoms with Gasteiger partial charge in [-0.2, -0.15) is 0 Å². The molecule has 1 amide bonds. The first-order chi connectivity index (χ1) is 8.52. The molecule has 0 saturated carbocycles. The number of esters is 1. The van der Waals surface area contributed by atoms with Crippen molar-refractivity contribution in [2.45, 2.75) is 0 Å². The Labute approximate surface area is 108 Å². The quantitative estimate of drug-likeness (QED) is 0.829. The molecule has 0 saturated heterocycles. The van der Waals surface area contributed by atoms with E-state index in [0.29, 0.717) is 0 Å². The van der Waals surface area contributed by atoms with Gasteiger partial charge in [-0.05, 0) is 18.2 Å². The van der Waals surface area contributed by atoms with Crippen molar-refractivity contribution in [1.82, 2.24) is 0 Å². The molecule has 98 valence electrons. The number of amides is 1. The Balaban J connectivity index is 2.49. The average Bonchev–Trinajstić information content (AvgIpc) is 2.32. The summed E-state index contributed by atoms with van der Waals surface area (Å²) in [4.78, 5) is 22.2. The van der Waals surface area contributed by atoms with Crippen molar-refractivity contribution in [3.63, 3.8) is 0 Å². The SMILES string of the molecule is COCC(=O)OCC(=O)Nc1cc(Cl)ccc1F. The monoisotopic (exact) mass is 275 g/mol. The van der Waals surface area contributed by atoms with E-state index < -0.39 is 24.3 Å². The smallest absolute Gasteiger partial charge is 0.332 e. The molecule has 0 aliphatic carbocycles. The number of ether oxygens (including phenoxy) is 2. The van der Waals surface area contributed by atoms with Crippen LogP contribution in [0, 0.1) is 5.82 Å². The molecule has 5 nitrogen and oxygen atoms in total. The number of carbonyl (C=O) groups is 2. The predicted molar refractivity (Wildman–Crippen MR) is 62.9 cm³/mol. The molecule has 0 spiro atoms. The minimum Gasteiger partial charge on any atom is -0.454 e. The highest BCUT2D eigenvalue weighted by Crippen LogP contribution is 2.19. The summed E-state index contributed by atoms with van der Waals surface area (Å²) in [5, 5.41) is 2.51. The normalized spacial score (nSPS) is 9.94. The number of carbonyl (C=O) groups excluding carboxylic acids is 2. The van der Waals surface area contributed by atoms with Gasteiger partial charge in [0.05, 0.1) is 5.69 Å². The largest absolute Gasteiger partial charge is 0.454 e. The molecule has 0 heterocycles. The lowest BCUT2D eigenvalue weighted by Gasteiger charge is -2.07. The lowest BCUT2D eigenvalue weighted by atomic mass is 10.3. The first kappa shape index (κ1) is 14.4. The third-order valence-corrected chi connectivity index (χ3v) is 2.06. The zero-order valence-corrected chi connectivity index (χ0v) is 10.3. The molecule has 7 heteroatoms. The van der Waals surface area contributed by atoms with E-state index in [1.807, 2.05) is 0 Å². The maximum Gasteiger partial charge on any atom is 0.332 e. The summed E-state index contributed by atoms with van der Waals surface area (Å²) in [5.74, 6) is -1.98. The molecule has 0 fully saturated rings. The van der Waals surface area contributed by atoms with Crippen LogP contribution >= 0.6 is 11.6 Å². The van der Waals surface area contributed by atoms with Gasteiger partial charge in [0, 0.05) is 12.1 Å². The van der Waals surface area contributed by atoms with Gasteiger partial charge in [-0.25, -0.2) is 9.18 Å². The van der Waals surface area contributed by atoms with Gasteiger partial charge >= 0.3 is 5.97 Å². The topological polar surface area (TPSA) is 64.6 Å². The summed E-state index contributed by atoms with van der Waals surface area (Å²) in [7, 11) is 1.32. The van der Waals surface area contributed by atoms with E-state index in [9.17, 15) is 14.0 Å². The molecule has 0 atom stereocenters. The molecule has 0 aliphatic heterocycles. The molecule has 18 heavy (non-hydrogen) atoms. The number of halogens is 2. The van der Waals surface area contributed by atoms with Crippen LogP contribution < -0.4 is 5.32 Å². The van der Waals surface area contributed by atoms with Gasteiger partial charge in [0.25, 0.3) is 5.91 Å². The Kier molecular flexibility index (Phi) is 5.54. The summed E-state index contributed by atoms with van der Waals surface area (Å²) in [5.41, 5.74) is -0.0738. The predicted octanol–water partition coefficient (Wildman–Crippen LogP) is 1.61. The zero-order valence-electron chi connectivity index (χ0n) is 9.54. The molecule has 0 aliphatic rings. The second-order valence-corrected chi connectivity index (χ2v) is 3.70. The maximum atomic E-state index is 13.2. The minimum atomic E-state index is -0.681. The third kappa shape index (κ3) is 4.68. The number of rotatable bonds is 5. The molecular formula is C11H11ClFNO4. The van der Waals surface area contributed by atoms with Gasteiger partial charge in [0.1, 0.15) is 12.4 Å². The maximum absolute atomic E-state index is 13.2. The van der Waals surface area contributed by atoms with Crippen LogP contribution in [0.15, 0.2) is 18.2 Å². The van der Waals surface area contributed by atoms with Crippen molar-refractivity contribution < 1.29 is 23.5 Å². The van der Waals surface area contributed by atoms with Crippen molar-refractivity contribution in [1.29, 1.82) is 0 Å². The number of methoxy groups -OCH3 is 1. The zero-order chi connectivity index (χ0) is 13.5. The van der Waals surface area contributed by atoms with E-state index in [2.05, 4.69) is 14.8 Å². The third-order valence-electron chi connectivity index (χ3n) is 1.83. The van der Waals surface area contributed by atoms with Gasteiger partial charge in [-0.15, -0.1) is 0 Å². The fourth-order valence-corrected chi connectivity index (χ4v) is 1.26. The highest BCUT2D eigenvalue weighted by molar-refractivity contribution is 6.30. The average molecular weight is 276 g/mol. The second kappa shape index (κ2) is 6.93. The fraction of sp³-hybridized carbons (Fsp3) is 0.273. The highest BCUT2D eigenvalue weighted by atomic mass is 35.5. The Morgan fingerprint density at radius 2 is 2.11 bits per heavy atom. The lowest BCUT2D eigenvalue weighted by Crippen LogP contribution is -2.23. The van der Waals surface area contributed by atoms with E-state index in [-0.39, 0.29) is 17.3 Å². The summed E-state index contributed by atoms with van der Waals surface area (Å²) in [6, 6.07) is 3.73. The van der Waals surface area contributed by atoms with E-state index in [0.717, 1.165) is 6.07 Å². The second-order valence-electron chi connectivity index (χ2n) is 3.27. The molecule has 1 aromatic rings. The minimum absolute atomic E-state index is 0.0738. The van der Waals surface area contributed by atoms with Gasteiger partial charge in [-0.3, -0.25) is 4.79 Å².